The Kier molecular flexibility index (Phi) is 4.75. The zero-order valence-electron chi connectivity index (χ0n) is 11.8. The van der Waals surface area contributed by atoms with Gasteiger partial charge in [-0.15, -0.1) is 0 Å². The number of likely N-dealkylation sites (N-methyl/N-ethyl adjacent to an activating group) is 1. The second-order valence-corrected chi connectivity index (χ2v) is 5.70. The normalized spacial score (nSPS) is 34.4. The number of piperidine rings is 1. The third kappa shape index (κ3) is 3.17. The lowest BCUT2D eigenvalue weighted by Crippen LogP contribution is -2.53. The van der Waals surface area contributed by atoms with Gasteiger partial charge in [-0.1, -0.05) is 0 Å². The van der Waals surface area contributed by atoms with Gasteiger partial charge in [-0.2, -0.15) is 0 Å². The van der Waals surface area contributed by atoms with Crippen LogP contribution in [0.15, 0.2) is 0 Å². The Labute approximate surface area is 118 Å². The lowest BCUT2D eigenvalue weighted by atomic mass is 9.86. The Hall–Kier alpha value is -1.43. The van der Waals surface area contributed by atoms with Crippen molar-refractivity contribution in [3.05, 3.63) is 0 Å². The van der Waals surface area contributed by atoms with Gasteiger partial charge in [-0.05, 0) is 26.2 Å². The summed E-state index contributed by atoms with van der Waals surface area (Å²) in [6.45, 7) is 3.32. The molecule has 0 radical (unpaired) electrons. The molecule has 6 nitrogen and oxygen atoms in total. The number of hydrogen-bond acceptors (Lipinski definition) is 3. The number of carboxylic acids is 2. The molecule has 0 aliphatic carbocycles. The average Bonchev–Trinajstić information content (AvgIpc) is 2.46. The van der Waals surface area contributed by atoms with E-state index in [2.05, 4.69) is 9.89 Å². The van der Waals surface area contributed by atoms with Crippen LogP contribution >= 0.6 is 0 Å². The molecule has 1 fully saturated rings. The Bertz CT molecular complexity index is 413. The minimum Gasteiger partial charge on any atom is -0.481 e. The van der Waals surface area contributed by atoms with Gasteiger partial charge >= 0.3 is 11.9 Å². The molecule has 0 aromatic heterocycles. The summed E-state index contributed by atoms with van der Waals surface area (Å²) in [5, 5.41) is 21.5. The molecule has 2 aliphatic rings. The van der Waals surface area contributed by atoms with E-state index >= 15 is 0 Å². The molecule has 3 N–H and O–H groups in total. The number of nitrogens with zero attached hydrogens (tertiary/aromatic N) is 1. The summed E-state index contributed by atoms with van der Waals surface area (Å²) >= 11 is 0. The molecule has 2 rings (SSSR count). The smallest absolute Gasteiger partial charge is 0.316 e. The molecule has 4 atom stereocenters. The maximum atomic E-state index is 11.1. The summed E-state index contributed by atoms with van der Waals surface area (Å²) in [4.78, 5) is 22.0. The molecule has 6 heteroatoms. The zero-order chi connectivity index (χ0) is 14.7. The van der Waals surface area contributed by atoms with E-state index in [4.69, 9.17) is 10.2 Å². The summed E-state index contributed by atoms with van der Waals surface area (Å²) in [6.07, 6.45) is 4.88. The second-order valence-electron chi connectivity index (χ2n) is 5.70. The van der Waals surface area contributed by atoms with Gasteiger partial charge < -0.3 is 15.5 Å². The summed E-state index contributed by atoms with van der Waals surface area (Å²) < 4.78 is 2.11. The van der Waals surface area contributed by atoms with Crippen molar-refractivity contribution in [3.8, 4) is 0 Å². The lowest BCUT2D eigenvalue weighted by Gasteiger charge is -2.33. The van der Waals surface area contributed by atoms with Crippen LogP contribution in [0.5, 0.6) is 0 Å². The molecular formula is C14H23N2O4+. The van der Waals surface area contributed by atoms with E-state index in [1.165, 1.54) is 0 Å². The van der Waals surface area contributed by atoms with Crippen LogP contribution in [0.4, 0.5) is 0 Å². The first-order valence-electron chi connectivity index (χ1n) is 7.32. The van der Waals surface area contributed by atoms with Crippen LogP contribution < -0.4 is 5.32 Å². The van der Waals surface area contributed by atoms with E-state index in [0.29, 0.717) is 19.4 Å². The number of hydrogen-bond donors (Lipinski definition) is 3. The van der Waals surface area contributed by atoms with E-state index in [1.807, 2.05) is 13.1 Å². The first-order chi connectivity index (χ1) is 9.52. The van der Waals surface area contributed by atoms with Crippen LogP contribution in [0.3, 0.4) is 0 Å². The van der Waals surface area contributed by atoms with E-state index < -0.39 is 11.9 Å². The fourth-order valence-corrected chi connectivity index (χ4v) is 3.31. The molecular weight excluding hydrogens is 260 g/mol. The molecule has 112 valence electrons. The Morgan fingerprint density at radius 3 is 2.45 bits per heavy atom. The molecule has 2 aliphatic heterocycles. The molecule has 1 saturated heterocycles. The SMILES string of the molecule is CC[N+]1=CC(C(=O)O)CCC1C1CCC(C(=O)O)CN1. The highest BCUT2D eigenvalue weighted by molar-refractivity contribution is 5.86. The van der Waals surface area contributed by atoms with Gasteiger partial charge in [0.25, 0.3) is 0 Å². The highest BCUT2D eigenvalue weighted by atomic mass is 16.4. The number of carbonyl (C=O) groups is 2. The molecule has 20 heavy (non-hydrogen) atoms. The highest BCUT2D eigenvalue weighted by Crippen LogP contribution is 2.24. The third-order valence-electron chi connectivity index (χ3n) is 4.52. The fourth-order valence-electron chi connectivity index (χ4n) is 3.31. The molecule has 0 amide bonds. The molecule has 2 heterocycles. The van der Waals surface area contributed by atoms with Gasteiger partial charge in [0.2, 0.25) is 0 Å². The Balaban J connectivity index is 2.01. The first kappa shape index (κ1) is 15.0. The summed E-state index contributed by atoms with van der Waals surface area (Å²) in [5.41, 5.74) is 0. The number of rotatable bonds is 4. The lowest BCUT2D eigenvalue weighted by molar-refractivity contribution is -0.570. The van der Waals surface area contributed by atoms with Crippen molar-refractivity contribution in [3.63, 3.8) is 0 Å². The predicted octanol–water partition coefficient (Wildman–Crippen LogP) is 0.406. The maximum absolute atomic E-state index is 11.1. The third-order valence-corrected chi connectivity index (χ3v) is 4.52. The van der Waals surface area contributed by atoms with Gasteiger partial charge in [0.15, 0.2) is 12.3 Å². The quantitative estimate of drug-likeness (QED) is 0.650. The molecule has 0 aromatic carbocycles. The summed E-state index contributed by atoms with van der Waals surface area (Å²) in [6, 6.07) is 0.543. The molecule has 0 aromatic rings. The van der Waals surface area contributed by atoms with Crippen LogP contribution in [0.2, 0.25) is 0 Å². The minimum absolute atomic E-state index is 0.261. The standard InChI is InChI=1S/C14H22N2O4/c1-2-16-8-10(14(19)20)4-6-12(16)11-5-3-9(7-15-11)13(17)18/h8-12,15H,2-7H2,1H3,(H-,17,18,19,20)/p+1. The van der Waals surface area contributed by atoms with Crippen molar-refractivity contribution in [1.82, 2.24) is 5.32 Å². The minimum atomic E-state index is -0.760. The monoisotopic (exact) mass is 283 g/mol. The van der Waals surface area contributed by atoms with E-state index in [9.17, 15) is 9.59 Å². The van der Waals surface area contributed by atoms with E-state index in [1.54, 1.807) is 0 Å². The predicted molar refractivity (Wildman–Crippen MR) is 73.2 cm³/mol. The number of nitrogens with one attached hydrogen (secondary N) is 1. The summed E-state index contributed by atoms with van der Waals surface area (Å²) in [5.74, 6) is -2.17. The average molecular weight is 283 g/mol. The van der Waals surface area contributed by atoms with E-state index in [0.717, 1.165) is 19.4 Å². The first-order valence-corrected chi connectivity index (χ1v) is 7.32. The zero-order valence-corrected chi connectivity index (χ0v) is 11.8. The van der Waals surface area contributed by atoms with Crippen LogP contribution in [0, 0.1) is 11.8 Å². The van der Waals surface area contributed by atoms with Crippen molar-refractivity contribution in [1.29, 1.82) is 0 Å². The fraction of sp³-hybridized carbons (Fsp3) is 0.786. The Morgan fingerprint density at radius 2 is 1.95 bits per heavy atom. The second kappa shape index (κ2) is 6.35. The van der Waals surface area contributed by atoms with Crippen molar-refractivity contribution in [2.45, 2.75) is 44.7 Å². The largest absolute Gasteiger partial charge is 0.481 e. The van der Waals surface area contributed by atoms with Crippen molar-refractivity contribution in [2.24, 2.45) is 11.8 Å². The van der Waals surface area contributed by atoms with Gasteiger partial charge in [-0.3, -0.25) is 9.59 Å². The number of aliphatic carboxylic acids is 2. The van der Waals surface area contributed by atoms with Gasteiger partial charge in [-0.25, -0.2) is 4.58 Å². The molecule has 4 unspecified atom stereocenters. The van der Waals surface area contributed by atoms with Gasteiger partial charge in [0, 0.05) is 13.0 Å². The van der Waals surface area contributed by atoms with Crippen LogP contribution in [-0.2, 0) is 9.59 Å². The van der Waals surface area contributed by atoms with Crippen molar-refractivity contribution < 1.29 is 24.4 Å². The maximum Gasteiger partial charge on any atom is 0.316 e. The number of carboxylic acid groups (broad SMARTS) is 2. The van der Waals surface area contributed by atoms with Gasteiger partial charge in [0.05, 0.1) is 12.0 Å². The summed E-state index contributed by atoms with van der Waals surface area (Å²) in [7, 11) is 0. The molecule has 0 saturated carbocycles. The topological polar surface area (TPSA) is 89.6 Å². The highest BCUT2D eigenvalue weighted by Gasteiger charge is 2.39. The molecule has 0 bridgehead atoms. The van der Waals surface area contributed by atoms with Gasteiger partial charge in [0.1, 0.15) is 12.5 Å². The van der Waals surface area contributed by atoms with Crippen LogP contribution in [0.25, 0.3) is 0 Å². The van der Waals surface area contributed by atoms with Crippen molar-refractivity contribution in [2.75, 3.05) is 13.1 Å². The Morgan fingerprint density at radius 1 is 1.20 bits per heavy atom. The van der Waals surface area contributed by atoms with Crippen LogP contribution in [0.1, 0.15) is 32.6 Å². The van der Waals surface area contributed by atoms with E-state index in [-0.39, 0.29) is 23.9 Å². The van der Waals surface area contributed by atoms with Crippen molar-refractivity contribution >= 4 is 18.2 Å². The molecule has 0 spiro atoms. The van der Waals surface area contributed by atoms with Crippen LogP contribution in [-0.4, -0.2) is 58.1 Å².